The number of nitrogens with two attached hydrogens (primary N) is 1. The van der Waals surface area contributed by atoms with Gasteiger partial charge in [0.2, 0.25) is 0 Å². The first-order chi connectivity index (χ1) is 6.75. The third-order valence-corrected chi connectivity index (χ3v) is 3.18. The molecule has 3 nitrogen and oxygen atoms in total. The minimum absolute atomic E-state index is 0.138. The highest BCUT2D eigenvalue weighted by atomic mass is 15.3. The number of rotatable bonds is 3. The van der Waals surface area contributed by atoms with Crippen molar-refractivity contribution in [3.8, 4) is 0 Å². The molecule has 1 aliphatic rings. The Kier molecular flexibility index (Phi) is 2.87. The molecule has 1 heterocycles. The van der Waals surface area contributed by atoms with Crippen LogP contribution in [0.4, 0.5) is 0 Å². The third-order valence-electron chi connectivity index (χ3n) is 3.18. The van der Waals surface area contributed by atoms with Gasteiger partial charge in [-0.1, -0.05) is 25.7 Å². The highest BCUT2D eigenvalue weighted by Gasteiger charge is 2.19. The zero-order valence-electron chi connectivity index (χ0n) is 8.82. The fourth-order valence-electron chi connectivity index (χ4n) is 2.36. The van der Waals surface area contributed by atoms with Crippen molar-refractivity contribution in [2.24, 2.45) is 18.7 Å². The third kappa shape index (κ3) is 2.15. The van der Waals surface area contributed by atoms with E-state index in [0.29, 0.717) is 0 Å². The molecule has 1 aromatic heterocycles. The Bertz CT molecular complexity index is 286. The second-order valence-corrected chi connectivity index (χ2v) is 4.41. The molecule has 1 saturated carbocycles. The molecule has 2 N–H and O–H groups in total. The fourth-order valence-corrected chi connectivity index (χ4v) is 2.36. The molecule has 0 amide bonds. The lowest BCUT2D eigenvalue weighted by Gasteiger charge is -2.13. The number of nitrogens with zero attached hydrogens (tertiary/aromatic N) is 2. The summed E-state index contributed by atoms with van der Waals surface area (Å²) >= 11 is 0. The van der Waals surface area contributed by atoms with Crippen molar-refractivity contribution in [2.45, 2.75) is 38.1 Å². The lowest BCUT2D eigenvalue weighted by Crippen LogP contribution is -2.15. The van der Waals surface area contributed by atoms with Crippen LogP contribution in [0.5, 0.6) is 0 Å². The molecule has 78 valence electrons. The molecule has 1 fully saturated rings. The maximum absolute atomic E-state index is 6.11. The van der Waals surface area contributed by atoms with Gasteiger partial charge in [0, 0.05) is 19.3 Å². The van der Waals surface area contributed by atoms with E-state index in [9.17, 15) is 0 Å². The predicted molar refractivity (Wildman–Crippen MR) is 56.7 cm³/mol. The number of aryl methyl sites for hydroxylation is 1. The molecule has 1 unspecified atom stereocenters. The Morgan fingerprint density at radius 3 is 2.86 bits per heavy atom. The van der Waals surface area contributed by atoms with Gasteiger partial charge in [-0.25, -0.2) is 0 Å². The molecule has 1 aromatic rings. The molecule has 0 radical (unpaired) electrons. The van der Waals surface area contributed by atoms with Crippen LogP contribution in [-0.2, 0) is 7.05 Å². The molecule has 0 saturated heterocycles. The number of aromatic nitrogens is 2. The lowest BCUT2D eigenvalue weighted by atomic mass is 9.97. The van der Waals surface area contributed by atoms with Gasteiger partial charge >= 0.3 is 0 Å². The first-order valence-corrected chi connectivity index (χ1v) is 5.51. The van der Waals surface area contributed by atoms with E-state index in [1.54, 1.807) is 0 Å². The van der Waals surface area contributed by atoms with E-state index in [1.807, 2.05) is 24.0 Å². The van der Waals surface area contributed by atoms with Gasteiger partial charge in [-0.15, -0.1) is 0 Å². The molecule has 0 spiro atoms. The van der Waals surface area contributed by atoms with Gasteiger partial charge in [0.15, 0.2) is 0 Å². The summed E-state index contributed by atoms with van der Waals surface area (Å²) in [6, 6.07) is 2.17. The normalized spacial score (nSPS) is 20.1. The molecule has 0 aliphatic heterocycles. The van der Waals surface area contributed by atoms with E-state index in [2.05, 4.69) is 5.10 Å². The predicted octanol–water partition coefficient (Wildman–Crippen LogP) is 2.00. The van der Waals surface area contributed by atoms with Crippen LogP contribution in [0.3, 0.4) is 0 Å². The number of hydrogen-bond donors (Lipinski definition) is 1. The second kappa shape index (κ2) is 4.13. The van der Waals surface area contributed by atoms with Crippen molar-refractivity contribution >= 4 is 0 Å². The Morgan fingerprint density at radius 2 is 2.29 bits per heavy atom. The second-order valence-electron chi connectivity index (χ2n) is 4.41. The van der Waals surface area contributed by atoms with E-state index in [-0.39, 0.29) is 6.04 Å². The van der Waals surface area contributed by atoms with E-state index in [4.69, 9.17) is 5.73 Å². The Hall–Kier alpha value is -0.830. The molecule has 3 heteroatoms. The minimum atomic E-state index is 0.138. The van der Waals surface area contributed by atoms with Gasteiger partial charge in [0.25, 0.3) is 0 Å². The SMILES string of the molecule is Cn1ccc(C(N)CC2CCCC2)n1. The topological polar surface area (TPSA) is 43.8 Å². The molecule has 0 aromatic carbocycles. The summed E-state index contributed by atoms with van der Waals surface area (Å²) in [5, 5.41) is 4.34. The van der Waals surface area contributed by atoms with Crippen LogP contribution in [0, 0.1) is 5.92 Å². The Morgan fingerprint density at radius 1 is 1.57 bits per heavy atom. The van der Waals surface area contributed by atoms with Crippen LogP contribution in [0.15, 0.2) is 12.3 Å². The first-order valence-electron chi connectivity index (χ1n) is 5.51. The standard InChI is InChI=1S/C11H19N3/c1-14-7-6-11(13-14)10(12)8-9-4-2-3-5-9/h6-7,9-10H,2-5,8,12H2,1H3. The molecule has 1 aliphatic carbocycles. The highest BCUT2D eigenvalue weighted by molar-refractivity contribution is 5.04. The van der Waals surface area contributed by atoms with Gasteiger partial charge in [-0.2, -0.15) is 5.10 Å². The fraction of sp³-hybridized carbons (Fsp3) is 0.727. The zero-order valence-corrected chi connectivity index (χ0v) is 8.82. The van der Waals surface area contributed by atoms with Gasteiger partial charge in [0.05, 0.1) is 5.69 Å². The number of hydrogen-bond acceptors (Lipinski definition) is 2. The molecule has 1 atom stereocenters. The van der Waals surface area contributed by atoms with Gasteiger partial charge in [-0.3, -0.25) is 4.68 Å². The largest absolute Gasteiger partial charge is 0.323 e. The summed E-state index contributed by atoms with van der Waals surface area (Å²) in [7, 11) is 1.94. The molecule has 2 rings (SSSR count). The van der Waals surface area contributed by atoms with E-state index >= 15 is 0 Å². The van der Waals surface area contributed by atoms with Crippen molar-refractivity contribution in [2.75, 3.05) is 0 Å². The smallest absolute Gasteiger partial charge is 0.0791 e. The van der Waals surface area contributed by atoms with Crippen molar-refractivity contribution in [3.05, 3.63) is 18.0 Å². The summed E-state index contributed by atoms with van der Waals surface area (Å²) in [6.07, 6.45) is 8.57. The maximum atomic E-state index is 6.11. The van der Waals surface area contributed by atoms with Gasteiger partial charge in [-0.05, 0) is 18.4 Å². The van der Waals surface area contributed by atoms with Crippen LogP contribution in [0.25, 0.3) is 0 Å². The maximum Gasteiger partial charge on any atom is 0.0791 e. The van der Waals surface area contributed by atoms with Crippen molar-refractivity contribution in [1.82, 2.24) is 9.78 Å². The average molecular weight is 193 g/mol. The summed E-state index contributed by atoms with van der Waals surface area (Å²) in [5.41, 5.74) is 7.15. The van der Waals surface area contributed by atoms with E-state index in [0.717, 1.165) is 18.0 Å². The van der Waals surface area contributed by atoms with Crippen molar-refractivity contribution in [1.29, 1.82) is 0 Å². The molecule has 0 bridgehead atoms. The quantitative estimate of drug-likeness (QED) is 0.798. The monoisotopic (exact) mass is 193 g/mol. The molecule has 14 heavy (non-hydrogen) atoms. The van der Waals surface area contributed by atoms with Crippen LogP contribution >= 0.6 is 0 Å². The first kappa shape index (κ1) is 9.71. The van der Waals surface area contributed by atoms with Gasteiger partial charge in [0.1, 0.15) is 0 Å². The summed E-state index contributed by atoms with van der Waals surface area (Å²) in [6.45, 7) is 0. The molecular formula is C11H19N3. The highest BCUT2D eigenvalue weighted by Crippen LogP contribution is 2.31. The summed E-state index contributed by atoms with van der Waals surface area (Å²) in [5.74, 6) is 0.840. The van der Waals surface area contributed by atoms with Gasteiger partial charge < -0.3 is 5.73 Å². The lowest BCUT2D eigenvalue weighted by molar-refractivity contribution is 0.443. The minimum Gasteiger partial charge on any atom is -0.323 e. The average Bonchev–Trinajstić information content (AvgIpc) is 2.75. The van der Waals surface area contributed by atoms with Crippen LogP contribution < -0.4 is 5.73 Å². The molecular weight excluding hydrogens is 174 g/mol. The van der Waals surface area contributed by atoms with Crippen molar-refractivity contribution < 1.29 is 0 Å². The summed E-state index contributed by atoms with van der Waals surface area (Å²) in [4.78, 5) is 0. The van der Waals surface area contributed by atoms with Crippen LogP contribution in [-0.4, -0.2) is 9.78 Å². The zero-order chi connectivity index (χ0) is 9.97. The van der Waals surface area contributed by atoms with Crippen LogP contribution in [0.2, 0.25) is 0 Å². The Labute approximate surface area is 85.3 Å². The van der Waals surface area contributed by atoms with E-state index < -0.39 is 0 Å². The summed E-state index contributed by atoms with van der Waals surface area (Å²) < 4.78 is 1.82. The van der Waals surface area contributed by atoms with Crippen molar-refractivity contribution in [3.63, 3.8) is 0 Å². The van der Waals surface area contributed by atoms with Crippen LogP contribution in [0.1, 0.15) is 43.8 Å². The Balaban J connectivity index is 1.91. The van der Waals surface area contributed by atoms with E-state index in [1.165, 1.54) is 25.7 Å².